The molecule has 320 valence electrons. The monoisotopic (exact) mass is 784 g/mol. The van der Waals surface area contributed by atoms with Gasteiger partial charge in [-0.05, 0) is 77.7 Å². The first-order chi connectivity index (χ1) is 26.3. The number of carbonyl (C=O) groups is 1. The lowest BCUT2D eigenvalue weighted by molar-refractivity contribution is -0.121. The smallest absolute Gasteiger partial charge is 0.355 e. The first-order valence-electron chi connectivity index (χ1n) is 22.8. The first kappa shape index (κ1) is 52.7. The fourth-order valence-corrected chi connectivity index (χ4v) is 7.54. The summed E-state index contributed by atoms with van der Waals surface area (Å²) in [5.41, 5.74) is 0. The lowest BCUT2D eigenvalue weighted by Gasteiger charge is -2.29. The minimum Gasteiger partial charge on any atom is -0.355 e. The van der Waals surface area contributed by atoms with Gasteiger partial charge in [-0.3, -0.25) is 18.8 Å². The molecule has 0 saturated carbocycles. The van der Waals surface area contributed by atoms with Crippen LogP contribution in [0.1, 0.15) is 207 Å². The molecule has 0 radical (unpaired) electrons. The van der Waals surface area contributed by atoms with Crippen LogP contribution in [0.3, 0.4) is 0 Å². The summed E-state index contributed by atoms with van der Waals surface area (Å²) < 4.78 is 28.4. The van der Waals surface area contributed by atoms with E-state index in [1.54, 1.807) is 6.92 Å². The van der Waals surface area contributed by atoms with Gasteiger partial charge in [0.1, 0.15) is 0 Å². The number of hydrogen-bond acceptors (Lipinski definition) is 7. The van der Waals surface area contributed by atoms with E-state index in [0.717, 1.165) is 39.7 Å². The predicted octanol–water partition coefficient (Wildman–Crippen LogP) is 12.1. The fourth-order valence-electron chi connectivity index (χ4n) is 7.15. The van der Waals surface area contributed by atoms with E-state index in [-0.39, 0.29) is 12.5 Å². The Morgan fingerprint density at radius 1 is 0.611 bits per heavy atom. The van der Waals surface area contributed by atoms with Gasteiger partial charge in [-0.15, -0.1) is 0 Å². The molecule has 0 aromatic carbocycles. The van der Waals surface area contributed by atoms with Gasteiger partial charge in [0.15, 0.2) is 0 Å². The molecule has 54 heavy (non-hydrogen) atoms. The Hall–Kier alpha value is -1.26. The minimum absolute atomic E-state index is 0.107. The Kier molecular flexibility index (Phi) is 39.0. The van der Waals surface area contributed by atoms with E-state index in [0.29, 0.717) is 12.6 Å². The van der Waals surface area contributed by atoms with Crippen molar-refractivity contribution >= 4 is 16.3 Å². The zero-order valence-corrected chi connectivity index (χ0v) is 37.1. The molecule has 1 saturated heterocycles. The number of hydrogen-bond donors (Lipinski definition) is 1. The minimum atomic E-state index is -3.67. The third kappa shape index (κ3) is 34.0. The average Bonchev–Trinajstić information content (AvgIpc) is 3.56. The molecule has 1 aliphatic rings. The molecule has 0 bridgehead atoms. The number of allylic oxidation sites excluding steroid dienone is 4. The fraction of sp³-hybridized carbons (Fsp3) is 0.889. The molecule has 1 fully saturated rings. The molecule has 0 spiro atoms. The standard InChI is InChI=1S/C42H81N3O.C3H8O4S/c1-4-7-9-11-13-15-17-19-21-23-25-27-29-31-33-35-41(46)43-37-38-45-40-39-44(6-3)42(45)36-34-32-30-28-26-24-22-20-18-16-14-12-10-8-5-2;1-3-7-8(4,5)6-2/h19-22,42H,4-18,23-40H2,1-3H3,(H,43,46);3H2,1-2H3/b21-19-,22-20-;. The molecule has 1 aliphatic heterocycles. The van der Waals surface area contributed by atoms with Gasteiger partial charge >= 0.3 is 10.4 Å². The van der Waals surface area contributed by atoms with Crippen molar-refractivity contribution in [1.29, 1.82) is 0 Å². The SMILES string of the molecule is CCCCCCCC/C=C\CCCCCCCC(=O)NCCN1CCN(CC)C1CCCCCCC/C=C\CCCCCCCC.CCOS(=O)(=O)OC. The summed E-state index contributed by atoms with van der Waals surface area (Å²) in [7, 11) is -2.62. The summed E-state index contributed by atoms with van der Waals surface area (Å²) in [6.45, 7) is 13.8. The Labute approximate surface area is 336 Å². The lowest BCUT2D eigenvalue weighted by atomic mass is 10.1. The van der Waals surface area contributed by atoms with Crippen molar-refractivity contribution in [2.45, 2.75) is 214 Å². The Morgan fingerprint density at radius 2 is 1.04 bits per heavy atom. The number of nitrogens with zero attached hydrogens (tertiary/aromatic N) is 2. The molecule has 1 atom stereocenters. The van der Waals surface area contributed by atoms with E-state index in [1.807, 2.05) is 0 Å². The van der Waals surface area contributed by atoms with E-state index in [2.05, 4.69) is 68.6 Å². The molecule has 8 nitrogen and oxygen atoms in total. The van der Waals surface area contributed by atoms with Crippen LogP contribution in [0.15, 0.2) is 24.3 Å². The van der Waals surface area contributed by atoms with E-state index < -0.39 is 10.4 Å². The van der Waals surface area contributed by atoms with Gasteiger partial charge in [0.05, 0.1) is 19.9 Å². The maximum Gasteiger partial charge on any atom is 0.399 e. The molecule has 0 aromatic rings. The third-order valence-corrected chi connectivity index (χ3v) is 11.4. The molecular formula is C45H89N3O5S. The van der Waals surface area contributed by atoms with Crippen molar-refractivity contribution in [2.75, 3.05) is 46.4 Å². The van der Waals surface area contributed by atoms with Gasteiger partial charge < -0.3 is 5.32 Å². The van der Waals surface area contributed by atoms with Gasteiger partial charge in [-0.2, -0.15) is 8.42 Å². The van der Waals surface area contributed by atoms with Crippen molar-refractivity contribution in [2.24, 2.45) is 0 Å². The highest BCUT2D eigenvalue weighted by molar-refractivity contribution is 7.81. The Bertz CT molecular complexity index is 974. The van der Waals surface area contributed by atoms with E-state index in [9.17, 15) is 13.2 Å². The zero-order chi connectivity index (χ0) is 39.8. The Balaban J connectivity index is 0.00000313. The van der Waals surface area contributed by atoms with Crippen LogP contribution in [0.2, 0.25) is 0 Å². The highest BCUT2D eigenvalue weighted by Crippen LogP contribution is 2.20. The molecule has 9 heteroatoms. The normalized spacial score (nSPS) is 15.4. The number of rotatable bonds is 37. The summed E-state index contributed by atoms with van der Waals surface area (Å²) in [4.78, 5) is 17.7. The summed E-state index contributed by atoms with van der Waals surface area (Å²) >= 11 is 0. The average molecular weight is 784 g/mol. The van der Waals surface area contributed by atoms with Gasteiger partial charge in [0, 0.05) is 32.6 Å². The van der Waals surface area contributed by atoms with Gasteiger partial charge in [0.2, 0.25) is 5.91 Å². The highest BCUT2D eigenvalue weighted by atomic mass is 32.3. The van der Waals surface area contributed by atoms with Crippen LogP contribution in [-0.4, -0.2) is 76.7 Å². The van der Waals surface area contributed by atoms with Crippen LogP contribution in [0, 0.1) is 0 Å². The van der Waals surface area contributed by atoms with E-state index in [1.165, 1.54) is 173 Å². The number of carbonyl (C=O) groups excluding carboxylic acids is 1. The summed E-state index contributed by atoms with van der Waals surface area (Å²) in [6.07, 6.45) is 46.7. The topological polar surface area (TPSA) is 88.2 Å². The largest absolute Gasteiger partial charge is 0.399 e. The van der Waals surface area contributed by atoms with E-state index >= 15 is 0 Å². The molecular weight excluding hydrogens is 695 g/mol. The maximum absolute atomic E-state index is 12.4. The summed E-state index contributed by atoms with van der Waals surface area (Å²) in [5.74, 6) is 0.248. The first-order valence-corrected chi connectivity index (χ1v) is 24.2. The summed E-state index contributed by atoms with van der Waals surface area (Å²) in [6, 6.07) is 0. The molecule has 0 aromatic heterocycles. The number of nitrogens with one attached hydrogen (secondary N) is 1. The van der Waals surface area contributed by atoms with Crippen LogP contribution in [0.25, 0.3) is 0 Å². The van der Waals surface area contributed by atoms with Crippen molar-refractivity contribution < 1.29 is 21.6 Å². The second kappa shape index (κ2) is 40.0. The van der Waals surface area contributed by atoms with Crippen LogP contribution < -0.4 is 5.32 Å². The van der Waals surface area contributed by atoms with Crippen LogP contribution in [0.4, 0.5) is 0 Å². The summed E-state index contributed by atoms with van der Waals surface area (Å²) in [5, 5.41) is 3.22. The van der Waals surface area contributed by atoms with Crippen molar-refractivity contribution in [3.05, 3.63) is 24.3 Å². The lowest BCUT2D eigenvalue weighted by Crippen LogP contribution is -2.42. The molecule has 0 aliphatic carbocycles. The van der Waals surface area contributed by atoms with Crippen molar-refractivity contribution in [3.63, 3.8) is 0 Å². The third-order valence-electron chi connectivity index (χ3n) is 10.5. The van der Waals surface area contributed by atoms with Gasteiger partial charge in [-0.1, -0.05) is 154 Å². The second-order valence-corrected chi connectivity index (χ2v) is 16.6. The molecule has 1 amide bonds. The molecule has 1 unspecified atom stereocenters. The second-order valence-electron chi connectivity index (χ2n) is 15.2. The number of unbranched alkanes of at least 4 members (excludes halogenated alkanes) is 22. The molecule has 1 N–H and O–H groups in total. The van der Waals surface area contributed by atoms with Crippen molar-refractivity contribution in [3.8, 4) is 0 Å². The van der Waals surface area contributed by atoms with Gasteiger partial charge in [0.25, 0.3) is 0 Å². The van der Waals surface area contributed by atoms with E-state index in [4.69, 9.17) is 0 Å². The van der Waals surface area contributed by atoms with Crippen LogP contribution in [-0.2, 0) is 23.6 Å². The van der Waals surface area contributed by atoms with Gasteiger partial charge in [-0.25, -0.2) is 4.18 Å². The van der Waals surface area contributed by atoms with Crippen LogP contribution >= 0.6 is 0 Å². The zero-order valence-electron chi connectivity index (χ0n) is 36.3. The predicted molar refractivity (Wildman–Crippen MR) is 232 cm³/mol. The number of amides is 1. The highest BCUT2D eigenvalue weighted by Gasteiger charge is 2.29. The number of likely N-dealkylation sites (N-methyl/N-ethyl adjacent to an activating group) is 1. The quantitative estimate of drug-likeness (QED) is 0.0496. The molecule has 1 rings (SSSR count). The maximum atomic E-state index is 12.4. The molecule has 1 heterocycles. The Morgan fingerprint density at radius 3 is 1.46 bits per heavy atom. The van der Waals surface area contributed by atoms with Crippen molar-refractivity contribution in [1.82, 2.24) is 15.1 Å². The van der Waals surface area contributed by atoms with Crippen LogP contribution in [0.5, 0.6) is 0 Å².